The van der Waals surface area contributed by atoms with Crippen LogP contribution in [-0.2, 0) is 48.8 Å². The highest BCUT2D eigenvalue weighted by Crippen LogP contribution is 2.22. The van der Waals surface area contributed by atoms with Gasteiger partial charge in [-0.25, -0.2) is 32.0 Å². The molecule has 2 aromatic carbocycles. The van der Waals surface area contributed by atoms with Crippen LogP contribution in [0.15, 0.2) is 58.3 Å². The molecular formula is C32H45N7O10S2. The topological polar surface area (TPSA) is 249 Å². The van der Waals surface area contributed by atoms with E-state index in [1.807, 2.05) is 13.8 Å². The Morgan fingerprint density at radius 3 is 1.88 bits per heavy atom. The average Bonchev–Trinajstić information content (AvgIpc) is 3.02. The van der Waals surface area contributed by atoms with E-state index in [0.717, 1.165) is 11.2 Å². The summed E-state index contributed by atoms with van der Waals surface area (Å²) >= 11 is 0. The molecule has 51 heavy (non-hydrogen) atoms. The van der Waals surface area contributed by atoms with Crippen molar-refractivity contribution in [3.63, 3.8) is 0 Å². The number of carbonyl (C=O) groups is 5. The number of carbonyl (C=O) groups excluding carboxylic acids is 5. The summed E-state index contributed by atoms with van der Waals surface area (Å²) in [6, 6.07) is 10.2. The van der Waals surface area contributed by atoms with Crippen molar-refractivity contribution in [3.05, 3.63) is 48.5 Å². The Kier molecular flexibility index (Phi) is 13.7. The number of hydrogen-bond donors (Lipinski definition) is 4. The molecule has 6 N–H and O–H groups in total. The van der Waals surface area contributed by atoms with Gasteiger partial charge in [-0.15, -0.1) is 0 Å². The number of benzene rings is 2. The van der Waals surface area contributed by atoms with Crippen molar-refractivity contribution < 1.29 is 45.5 Å². The number of amides is 4. The van der Waals surface area contributed by atoms with Gasteiger partial charge >= 0.3 is 0 Å². The van der Waals surface area contributed by atoms with Crippen LogP contribution in [0.3, 0.4) is 0 Å². The molecule has 3 rings (SSSR count). The summed E-state index contributed by atoms with van der Waals surface area (Å²) in [5, 5.41) is 15.7. The molecule has 280 valence electrons. The summed E-state index contributed by atoms with van der Waals surface area (Å²) in [4.78, 5) is 67.0. The van der Waals surface area contributed by atoms with Gasteiger partial charge < -0.3 is 20.2 Å². The number of imide groups is 1. The fourth-order valence-corrected chi connectivity index (χ4v) is 5.86. The molecule has 1 aliphatic rings. The van der Waals surface area contributed by atoms with Gasteiger partial charge in [0.15, 0.2) is 0 Å². The Morgan fingerprint density at radius 2 is 1.37 bits per heavy atom. The lowest BCUT2D eigenvalue weighted by Gasteiger charge is -2.34. The van der Waals surface area contributed by atoms with E-state index in [9.17, 15) is 40.8 Å². The van der Waals surface area contributed by atoms with Crippen molar-refractivity contribution in [2.75, 3.05) is 62.6 Å². The highest BCUT2D eigenvalue weighted by Gasteiger charge is 2.33. The molecule has 0 aliphatic carbocycles. The second kappa shape index (κ2) is 16.9. The minimum atomic E-state index is -3.97. The van der Waals surface area contributed by atoms with Crippen LogP contribution >= 0.6 is 0 Å². The van der Waals surface area contributed by atoms with E-state index in [4.69, 9.17) is 15.0 Å². The summed E-state index contributed by atoms with van der Waals surface area (Å²) in [5.41, 5.74) is -0.821. The highest BCUT2D eigenvalue weighted by atomic mass is 32.2. The summed E-state index contributed by atoms with van der Waals surface area (Å²) in [5.74, 6) is -2.02. The molecule has 1 saturated heterocycles. The van der Waals surface area contributed by atoms with E-state index in [0.29, 0.717) is 12.1 Å². The molecule has 1 heterocycles. The number of sulfonamides is 2. The SMILES string of the molecule is CC(C)(C=O)COC(C)(C)CCNC(=O)CN(CCN1CC(=O)N(c2ccc(S(N)(=O)=O)cc2)C(=O)C1)CC(=O)Nc1ccc(S(N)(=O)=O)cc1. The fraction of sp³-hybridized carbons (Fsp3) is 0.469. The van der Waals surface area contributed by atoms with E-state index in [-0.39, 0.29) is 67.9 Å². The van der Waals surface area contributed by atoms with Gasteiger partial charge in [-0.05, 0) is 68.8 Å². The number of primary sulfonamides is 2. The maximum atomic E-state index is 13.0. The number of anilines is 2. The predicted octanol–water partition coefficient (Wildman–Crippen LogP) is -0.376. The first-order valence-corrected chi connectivity index (χ1v) is 18.9. The zero-order chi connectivity index (χ0) is 38.2. The van der Waals surface area contributed by atoms with Crippen molar-refractivity contribution in [2.24, 2.45) is 15.7 Å². The first-order valence-electron chi connectivity index (χ1n) is 15.8. The lowest BCUT2D eigenvalue weighted by atomic mass is 9.96. The van der Waals surface area contributed by atoms with Gasteiger partial charge in [0.1, 0.15) is 6.29 Å². The van der Waals surface area contributed by atoms with E-state index in [1.165, 1.54) is 53.4 Å². The first kappa shape index (κ1) is 41.3. The molecule has 0 aromatic heterocycles. The van der Waals surface area contributed by atoms with E-state index < -0.39 is 54.7 Å². The molecule has 19 heteroatoms. The van der Waals surface area contributed by atoms with E-state index in [2.05, 4.69) is 10.6 Å². The van der Waals surface area contributed by atoms with Crippen LogP contribution in [-0.4, -0.2) is 115 Å². The van der Waals surface area contributed by atoms with Gasteiger partial charge in [0.05, 0.1) is 53.9 Å². The first-order chi connectivity index (χ1) is 23.6. The van der Waals surface area contributed by atoms with Crippen LogP contribution in [0.5, 0.6) is 0 Å². The number of nitrogens with one attached hydrogen (secondary N) is 2. The third-order valence-electron chi connectivity index (χ3n) is 7.78. The zero-order valence-electron chi connectivity index (χ0n) is 29.0. The molecule has 4 amide bonds. The highest BCUT2D eigenvalue weighted by molar-refractivity contribution is 7.89. The summed E-state index contributed by atoms with van der Waals surface area (Å²) < 4.78 is 52.2. The van der Waals surface area contributed by atoms with Crippen molar-refractivity contribution in [2.45, 2.75) is 49.5 Å². The molecule has 0 bridgehead atoms. The van der Waals surface area contributed by atoms with Crippen molar-refractivity contribution in [3.8, 4) is 0 Å². The number of rotatable bonds is 18. The second-order valence-electron chi connectivity index (χ2n) is 13.5. The number of nitrogens with two attached hydrogens (primary N) is 2. The van der Waals surface area contributed by atoms with Crippen LogP contribution in [0.2, 0.25) is 0 Å². The molecule has 0 spiro atoms. The lowest BCUT2D eigenvalue weighted by Crippen LogP contribution is -2.55. The zero-order valence-corrected chi connectivity index (χ0v) is 30.6. The van der Waals surface area contributed by atoms with Gasteiger partial charge in [0, 0.05) is 30.7 Å². The van der Waals surface area contributed by atoms with Gasteiger partial charge in [-0.1, -0.05) is 13.8 Å². The summed E-state index contributed by atoms with van der Waals surface area (Å²) in [7, 11) is -7.90. The minimum Gasteiger partial charge on any atom is -0.375 e. The summed E-state index contributed by atoms with van der Waals surface area (Å²) in [6.45, 7) is 7.06. The van der Waals surface area contributed by atoms with E-state index >= 15 is 0 Å². The van der Waals surface area contributed by atoms with E-state index in [1.54, 1.807) is 18.7 Å². The van der Waals surface area contributed by atoms with Crippen LogP contribution in [0, 0.1) is 5.41 Å². The number of ether oxygens (including phenoxy) is 1. The molecule has 0 saturated carbocycles. The Hall–Kier alpha value is -4.11. The largest absolute Gasteiger partial charge is 0.375 e. The molecule has 0 unspecified atom stereocenters. The molecule has 2 aromatic rings. The number of hydrogen-bond acceptors (Lipinski definition) is 12. The quantitative estimate of drug-likeness (QED) is 0.113. The monoisotopic (exact) mass is 751 g/mol. The molecule has 0 radical (unpaired) electrons. The van der Waals surface area contributed by atoms with Gasteiger partial charge in [-0.2, -0.15) is 0 Å². The molecule has 1 aliphatic heterocycles. The smallest absolute Gasteiger partial charge is 0.247 e. The Bertz CT molecular complexity index is 1800. The van der Waals surface area contributed by atoms with Crippen molar-refractivity contribution in [1.29, 1.82) is 0 Å². The van der Waals surface area contributed by atoms with Crippen LogP contribution in [0.25, 0.3) is 0 Å². The minimum absolute atomic E-state index is 0.101. The third-order valence-corrected chi connectivity index (χ3v) is 9.64. The Balaban J connectivity index is 1.64. The molecule has 1 fully saturated rings. The Morgan fingerprint density at radius 1 is 0.863 bits per heavy atom. The summed E-state index contributed by atoms with van der Waals surface area (Å²) in [6.07, 6.45) is 1.25. The van der Waals surface area contributed by atoms with Gasteiger partial charge in [0.25, 0.3) is 0 Å². The number of piperazine rings is 1. The molecule has 17 nitrogen and oxygen atoms in total. The van der Waals surface area contributed by atoms with Gasteiger partial charge in [-0.3, -0.25) is 29.0 Å². The lowest BCUT2D eigenvalue weighted by molar-refractivity contribution is -0.133. The fourth-order valence-electron chi connectivity index (χ4n) is 4.83. The third kappa shape index (κ3) is 13.2. The van der Waals surface area contributed by atoms with Crippen LogP contribution in [0.1, 0.15) is 34.1 Å². The maximum Gasteiger partial charge on any atom is 0.247 e. The number of aldehydes is 1. The number of nitrogens with zero attached hydrogens (tertiary/aromatic N) is 3. The standard InChI is InChI=1S/C32H45N7O10S2/c1-31(2,21-40)22-49-32(3,4)13-14-35-27(41)17-37(18-28(42)36-23-5-9-25(10-6-23)50(33,45)46)15-16-38-19-29(43)39(30(44)20-38)24-7-11-26(12-8-24)51(34,47)48/h5-12,21H,13-20,22H2,1-4H3,(H,35,41)(H,36,42)(H2,33,45,46)(H2,34,47,48). The average molecular weight is 752 g/mol. The van der Waals surface area contributed by atoms with Crippen LogP contribution in [0.4, 0.5) is 11.4 Å². The molecular weight excluding hydrogens is 707 g/mol. The van der Waals surface area contributed by atoms with Crippen molar-refractivity contribution in [1.82, 2.24) is 15.1 Å². The normalized spacial score (nSPS) is 14.8. The van der Waals surface area contributed by atoms with Crippen LogP contribution < -0.4 is 25.8 Å². The predicted molar refractivity (Wildman–Crippen MR) is 187 cm³/mol. The molecule has 0 atom stereocenters. The second-order valence-corrected chi connectivity index (χ2v) is 16.6. The van der Waals surface area contributed by atoms with Gasteiger partial charge in [0.2, 0.25) is 43.7 Å². The maximum absolute atomic E-state index is 13.0. The van der Waals surface area contributed by atoms with Crippen molar-refractivity contribution >= 4 is 61.3 Å². The Labute approximate surface area is 297 Å².